The number of imidazole rings is 1. The van der Waals surface area contributed by atoms with E-state index >= 15 is 0 Å². The number of hydrogen-bond donors (Lipinski definition) is 2. The number of nitrogens with two attached hydrogens (primary N) is 1. The Morgan fingerprint density at radius 3 is 2.70 bits per heavy atom. The number of rotatable bonds is 6. The van der Waals surface area contributed by atoms with Crippen molar-refractivity contribution in [2.75, 3.05) is 5.73 Å². The third-order valence-electron chi connectivity index (χ3n) is 5.11. The number of fused-ring (bicyclic) bond motifs is 2. The van der Waals surface area contributed by atoms with Gasteiger partial charge in [0.15, 0.2) is 0 Å². The first-order chi connectivity index (χ1) is 13.1. The predicted octanol–water partition coefficient (Wildman–Crippen LogP) is 5.91. The van der Waals surface area contributed by atoms with Gasteiger partial charge in [0.25, 0.3) is 0 Å². The van der Waals surface area contributed by atoms with Gasteiger partial charge in [-0.2, -0.15) is 0 Å². The number of para-hydroxylation sites is 1. The van der Waals surface area contributed by atoms with Crippen LogP contribution in [0.25, 0.3) is 27.8 Å². The molecule has 0 aliphatic carbocycles. The lowest BCUT2D eigenvalue weighted by molar-refractivity contribution is 0.532. The molecular formula is C21H24BrN5. The van der Waals surface area contributed by atoms with Gasteiger partial charge in [-0.1, -0.05) is 38.8 Å². The molecule has 0 aliphatic rings. The summed E-state index contributed by atoms with van der Waals surface area (Å²) in [7, 11) is 0. The van der Waals surface area contributed by atoms with Crippen LogP contribution in [-0.4, -0.2) is 19.4 Å². The third kappa shape index (κ3) is 3.12. The largest absolute Gasteiger partial charge is 0.382 e. The number of anilines is 1. The number of benzene rings is 1. The number of aromatic nitrogens is 4. The second kappa shape index (κ2) is 7.35. The van der Waals surface area contributed by atoms with Gasteiger partial charge < -0.3 is 10.7 Å². The molecule has 27 heavy (non-hydrogen) atoms. The highest BCUT2D eigenvalue weighted by atomic mass is 79.9. The Morgan fingerprint density at radius 1 is 1.22 bits per heavy atom. The van der Waals surface area contributed by atoms with Crippen LogP contribution in [0.4, 0.5) is 5.82 Å². The van der Waals surface area contributed by atoms with E-state index in [-0.39, 0.29) is 0 Å². The van der Waals surface area contributed by atoms with E-state index in [0.717, 1.165) is 63.8 Å². The average molecular weight is 426 g/mol. The Balaban J connectivity index is 1.95. The zero-order valence-electron chi connectivity index (χ0n) is 15.7. The minimum atomic E-state index is 0.416. The Labute approximate surface area is 167 Å². The minimum absolute atomic E-state index is 0.416. The molecule has 0 spiro atoms. The number of H-pyrrole nitrogens is 1. The SMILES string of the molecule is CCCC(CCC)c1nc(-c2cc3cccc(Br)c3[nH]2)c2c(N)nccn12. The Bertz CT molecular complexity index is 1090. The normalized spacial score (nSPS) is 11.9. The fourth-order valence-corrected chi connectivity index (χ4v) is 4.39. The summed E-state index contributed by atoms with van der Waals surface area (Å²) < 4.78 is 3.17. The molecule has 0 unspecified atom stereocenters. The lowest BCUT2D eigenvalue weighted by atomic mass is 9.97. The molecule has 6 heteroatoms. The first kappa shape index (κ1) is 18.0. The fourth-order valence-electron chi connectivity index (χ4n) is 3.91. The van der Waals surface area contributed by atoms with Crippen LogP contribution in [0.2, 0.25) is 0 Å². The van der Waals surface area contributed by atoms with Crippen LogP contribution in [0.5, 0.6) is 0 Å². The van der Waals surface area contributed by atoms with E-state index in [4.69, 9.17) is 10.7 Å². The van der Waals surface area contributed by atoms with Crippen molar-refractivity contribution in [1.82, 2.24) is 19.4 Å². The molecule has 5 nitrogen and oxygen atoms in total. The van der Waals surface area contributed by atoms with Crippen molar-refractivity contribution in [3.05, 3.63) is 47.0 Å². The zero-order valence-corrected chi connectivity index (χ0v) is 17.3. The molecule has 3 aromatic heterocycles. The number of halogens is 1. The van der Waals surface area contributed by atoms with E-state index < -0.39 is 0 Å². The number of nitrogens with zero attached hydrogens (tertiary/aromatic N) is 3. The zero-order chi connectivity index (χ0) is 19.0. The second-order valence-corrected chi connectivity index (χ2v) is 7.87. The lowest BCUT2D eigenvalue weighted by Crippen LogP contribution is -2.05. The Kier molecular flexibility index (Phi) is 4.91. The molecule has 0 bridgehead atoms. The van der Waals surface area contributed by atoms with Gasteiger partial charge in [0.05, 0.1) is 11.2 Å². The Morgan fingerprint density at radius 2 is 2.00 bits per heavy atom. The minimum Gasteiger partial charge on any atom is -0.382 e. The molecule has 0 atom stereocenters. The summed E-state index contributed by atoms with van der Waals surface area (Å²) >= 11 is 3.62. The van der Waals surface area contributed by atoms with Crippen molar-refractivity contribution in [2.45, 2.75) is 45.4 Å². The fraction of sp³-hybridized carbons (Fsp3) is 0.333. The summed E-state index contributed by atoms with van der Waals surface area (Å²) in [4.78, 5) is 12.9. The third-order valence-corrected chi connectivity index (χ3v) is 5.77. The maximum Gasteiger partial charge on any atom is 0.150 e. The molecule has 0 aliphatic heterocycles. The van der Waals surface area contributed by atoms with Crippen molar-refractivity contribution in [1.29, 1.82) is 0 Å². The van der Waals surface area contributed by atoms with Crippen molar-refractivity contribution < 1.29 is 0 Å². The first-order valence-electron chi connectivity index (χ1n) is 9.54. The number of nitrogen functional groups attached to an aromatic ring is 1. The van der Waals surface area contributed by atoms with Gasteiger partial charge >= 0.3 is 0 Å². The topological polar surface area (TPSA) is 72.0 Å². The molecule has 3 N–H and O–H groups in total. The number of hydrogen-bond acceptors (Lipinski definition) is 3. The molecule has 0 radical (unpaired) electrons. The quantitative estimate of drug-likeness (QED) is 0.403. The van der Waals surface area contributed by atoms with E-state index in [0.29, 0.717) is 11.7 Å². The highest BCUT2D eigenvalue weighted by Gasteiger charge is 2.22. The maximum absolute atomic E-state index is 6.28. The number of aromatic amines is 1. The molecule has 0 saturated heterocycles. The summed E-state index contributed by atoms with van der Waals surface area (Å²) in [5.74, 6) is 2.01. The van der Waals surface area contributed by atoms with Crippen LogP contribution < -0.4 is 5.73 Å². The van der Waals surface area contributed by atoms with E-state index in [9.17, 15) is 0 Å². The van der Waals surface area contributed by atoms with Crippen LogP contribution >= 0.6 is 15.9 Å². The Hall–Kier alpha value is -2.34. The first-order valence-corrected chi connectivity index (χ1v) is 10.3. The highest BCUT2D eigenvalue weighted by Crippen LogP contribution is 2.35. The summed E-state index contributed by atoms with van der Waals surface area (Å²) in [6.07, 6.45) is 8.24. The summed E-state index contributed by atoms with van der Waals surface area (Å²) in [6, 6.07) is 8.30. The highest BCUT2D eigenvalue weighted by molar-refractivity contribution is 9.10. The van der Waals surface area contributed by atoms with Crippen LogP contribution in [0, 0.1) is 0 Å². The van der Waals surface area contributed by atoms with Crippen LogP contribution in [0.1, 0.15) is 51.3 Å². The van der Waals surface area contributed by atoms with Gasteiger partial charge in [-0.25, -0.2) is 9.97 Å². The van der Waals surface area contributed by atoms with Crippen molar-refractivity contribution in [3.8, 4) is 11.4 Å². The molecular weight excluding hydrogens is 402 g/mol. The average Bonchev–Trinajstić information content (AvgIpc) is 3.25. The molecule has 4 rings (SSSR count). The molecule has 3 heterocycles. The van der Waals surface area contributed by atoms with E-state index in [2.05, 4.69) is 56.3 Å². The smallest absolute Gasteiger partial charge is 0.150 e. The van der Waals surface area contributed by atoms with Gasteiger partial charge in [0, 0.05) is 28.2 Å². The van der Waals surface area contributed by atoms with Gasteiger partial charge in [-0.15, -0.1) is 0 Å². The van der Waals surface area contributed by atoms with Gasteiger partial charge in [-0.3, -0.25) is 4.40 Å². The molecule has 1 aromatic carbocycles. The lowest BCUT2D eigenvalue weighted by Gasteiger charge is -2.14. The maximum atomic E-state index is 6.28. The van der Waals surface area contributed by atoms with E-state index in [1.165, 1.54) is 0 Å². The van der Waals surface area contributed by atoms with Gasteiger partial charge in [-0.05, 0) is 40.9 Å². The van der Waals surface area contributed by atoms with Crippen molar-refractivity contribution in [3.63, 3.8) is 0 Å². The van der Waals surface area contributed by atoms with Crippen LogP contribution in [0.15, 0.2) is 41.1 Å². The molecule has 4 aromatic rings. The van der Waals surface area contributed by atoms with E-state index in [1.807, 2.05) is 18.3 Å². The van der Waals surface area contributed by atoms with Crippen molar-refractivity contribution in [2.24, 2.45) is 0 Å². The van der Waals surface area contributed by atoms with E-state index in [1.54, 1.807) is 6.20 Å². The molecule has 0 saturated carbocycles. The van der Waals surface area contributed by atoms with Gasteiger partial charge in [0.2, 0.25) is 0 Å². The summed E-state index contributed by atoms with van der Waals surface area (Å²) in [5.41, 5.74) is 10.1. The van der Waals surface area contributed by atoms with Crippen LogP contribution in [0.3, 0.4) is 0 Å². The molecule has 0 amide bonds. The van der Waals surface area contributed by atoms with Gasteiger partial charge in [0.1, 0.15) is 22.9 Å². The summed E-state index contributed by atoms with van der Waals surface area (Å²) in [6.45, 7) is 4.45. The molecule has 140 valence electrons. The standard InChI is InChI=1S/C21H24BrN5/c1-3-6-13(7-4-2)21-26-18(19-20(23)24-10-11-27(19)21)16-12-14-8-5-9-15(22)17(14)25-16/h5,8-13,25H,3-4,6-7H2,1-2H3,(H2,23,24). The van der Waals surface area contributed by atoms with Crippen LogP contribution in [-0.2, 0) is 0 Å². The second-order valence-electron chi connectivity index (χ2n) is 7.01. The monoisotopic (exact) mass is 425 g/mol. The predicted molar refractivity (Wildman–Crippen MR) is 115 cm³/mol. The molecule has 0 fully saturated rings. The summed E-state index contributed by atoms with van der Waals surface area (Å²) in [5, 5.41) is 1.14. The number of nitrogens with one attached hydrogen (secondary N) is 1. The van der Waals surface area contributed by atoms with Crippen molar-refractivity contribution >= 4 is 38.2 Å².